The summed E-state index contributed by atoms with van der Waals surface area (Å²) in [4.78, 5) is 34.5. The molecule has 13 heteroatoms. The number of hydroxylamine groups is 1. The van der Waals surface area contributed by atoms with Crippen LogP contribution in [-0.2, 0) is 13.5 Å². The number of carboxylic acid groups (broad SMARTS) is 2. The van der Waals surface area contributed by atoms with Gasteiger partial charge < -0.3 is 35.6 Å². The Labute approximate surface area is 363 Å². The van der Waals surface area contributed by atoms with E-state index in [4.69, 9.17) is 5.21 Å². The fourth-order valence-electron chi connectivity index (χ4n) is 7.63. The van der Waals surface area contributed by atoms with Crippen molar-refractivity contribution in [1.29, 1.82) is 0 Å². The predicted octanol–water partition coefficient (Wildman–Crippen LogP) is 8.11. The molecule has 6 aromatic carbocycles. The van der Waals surface area contributed by atoms with Crippen molar-refractivity contribution in [2.45, 2.75) is 20.3 Å². The summed E-state index contributed by atoms with van der Waals surface area (Å²) >= 11 is 0. The zero-order valence-corrected chi connectivity index (χ0v) is 35.3. The molecule has 0 saturated heterocycles. The number of hydrogen-bond donors (Lipinski definition) is 6. The molecule has 320 valence electrons. The first-order chi connectivity index (χ1) is 30.1. The monoisotopic (exact) mass is 845 g/mol. The van der Waals surface area contributed by atoms with Crippen molar-refractivity contribution in [3.63, 3.8) is 0 Å². The van der Waals surface area contributed by atoms with Crippen molar-refractivity contribution in [1.82, 2.24) is 10.0 Å². The third kappa shape index (κ3) is 9.59. The van der Waals surface area contributed by atoms with Crippen molar-refractivity contribution in [3.8, 4) is 17.2 Å². The van der Waals surface area contributed by atoms with Crippen LogP contribution in [0.3, 0.4) is 0 Å². The second-order valence-electron chi connectivity index (χ2n) is 15.0. The number of para-hydroxylation sites is 1. The average molecular weight is 846 g/mol. The molecular formula is C50H47N5O8. The van der Waals surface area contributed by atoms with Gasteiger partial charge in [0, 0.05) is 72.4 Å². The molecule has 0 fully saturated rings. The number of amides is 2. The summed E-state index contributed by atoms with van der Waals surface area (Å²) in [6, 6.07) is 39.3. The number of urea groups is 1. The number of nitrogens with one attached hydrogen (secondary N) is 1. The number of aromatic hydroxyl groups is 1. The van der Waals surface area contributed by atoms with Gasteiger partial charge in [-0.25, -0.2) is 19.9 Å². The van der Waals surface area contributed by atoms with Gasteiger partial charge in [0.25, 0.3) is 0 Å². The van der Waals surface area contributed by atoms with Crippen LogP contribution in [0.5, 0.6) is 11.5 Å². The Morgan fingerprint density at radius 3 is 1.90 bits per heavy atom. The highest BCUT2D eigenvalue weighted by molar-refractivity contribution is 6.02. The second kappa shape index (κ2) is 19.0. The van der Waals surface area contributed by atoms with Gasteiger partial charge in [0.1, 0.15) is 18.4 Å². The molecule has 63 heavy (non-hydrogen) atoms. The molecule has 0 saturated carbocycles. The van der Waals surface area contributed by atoms with Gasteiger partial charge in [-0.1, -0.05) is 72.5 Å². The maximum Gasteiger partial charge on any atom is 0.339 e. The molecule has 8 rings (SSSR count). The molecule has 0 aliphatic carbocycles. The van der Waals surface area contributed by atoms with Crippen LogP contribution in [0, 0.1) is 13.8 Å². The van der Waals surface area contributed by atoms with Crippen molar-refractivity contribution in [2.24, 2.45) is 12.8 Å². The van der Waals surface area contributed by atoms with Crippen LogP contribution >= 0.6 is 0 Å². The Hall–Kier alpha value is -8.16. The molecule has 0 aliphatic rings. The number of nitrogens with zero attached hydrogens (tertiary/aromatic N) is 3. The van der Waals surface area contributed by atoms with Gasteiger partial charge in [0.2, 0.25) is 11.2 Å². The molecular weight excluding hydrogens is 799 g/mol. The lowest BCUT2D eigenvalue weighted by Crippen LogP contribution is -2.32. The van der Waals surface area contributed by atoms with Gasteiger partial charge in [-0.3, -0.25) is 5.21 Å². The van der Waals surface area contributed by atoms with Crippen LogP contribution in [0.2, 0.25) is 0 Å². The molecule has 0 spiro atoms. The molecule has 7 N–H and O–H groups in total. The summed E-state index contributed by atoms with van der Waals surface area (Å²) in [7, 11) is 6.28. The fourth-order valence-corrected chi connectivity index (χ4v) is 7.63. The van der Waals surface area contributed by atoms with E-state index in [-0.39, 0.29) is 28.7 Å². The Morgan fingerprint density at radius 1 is 0.746 bits per heavy atom. The number of benzene rings is 6. The van der Waals surface area contributed by atoms with Crippen LogP contribution < -0.4 is 25.8 Å². The van der Waals surface area contributed by atoms with E-state index in [0.717, 1.165) is 0 Å². The van der Waals surface area contributed by atoms with Gasteiger partial charge in [-0.05, 0) is 101 Å². The standard InChI is InChI=1S/C26H28N3.C23H16O6.CH4N2O2/c1-19-17-21(20(2)29(19)24-9-7-6-8-10-24)11-13-23-14-12-22-18-25(27(3)4)15-16-26(22)28(23)5;24-20-16(14-7-3-1-5-12(14)9-18(20)22(26)27)11-17-15-8-4-2-6-13(15)10-19(21(17)25)23(28)29;2-1(4)3-5/h6-18H,1-5H3;1-10,24-25H,11H2,(H,26,27)(H,28,29);5H,(H3,2,3,4)/q+1;;/p-1. The zero-order valence-electron chi connectivity index (χ0n) is 35.3. The number of anilines is 1. The number of carbonyl (C=O) groups excluding carboxylic acids is 1. The molecule has 0 aliphatic heterocycles. The third-order valence-electron chi connectivity index (χ3n) is 10.8. The Morgan fingerprint density at radius 2 is 1.32 bits per heavy atom. The van der Waals surface area contributed by atoms with Crippen molar-refractivity contribution in [2.75, 3.05) is 19.0 Å². The van der Waals surface area contributed by atoms with E-state index in [1.807, 2.05) is 0 Å². The fraction of sp³-hybridized carbons (Fsp3) is 0.120. The second-order valence-corrected chi connectivity index (χ2v) is 15.0. The Kier molecular flexibility index (Phi) is 13.4. The van der Waals surface area contributed by atoms with Crippen LogP contribution in [0.4, 0.5) is 10.5 Å². The number of nitrogens with two attached hydrogens (primary N) is 1. The number of hydrogen-bond acceptors (Lipinski definition) is 7. The van der Waals surface area contributed by atoms with Crippen LogP contribution in [0.25, 0.3) is 50.3 Å². The number of aromatic carboxylic acids is 2. The Bertz CT molecular complexity index is 2950. The first-order valence-electron chi connectivity index (χ1n) is 19.7. The maximum atomic E-state index is 12.9. The minimum atomic E-state index is -1.34. The lowest BCUT2D eigenvalue weighted by Gasteiger charge is -2.21. The van der Waals surface area contributed by atoms with Crippen molar-refractivity contribution >= 4 is 68.3 Å². The summed E-state index contributed by atoms with van der Waals surface area (Å²) in [5.74, 6) is -3.71. The number of aryl methyl sites for hydroxylation is 2. The van der Waals surface area contributed by atoms with Gasteiger partial charge in [-0.2, -0.15) is 4.57 Å². The van der Waals surface area contributed by atoms with Crippen LogP contribution in [0.1, 0.15) is 54.5 Å². The van der Waals surface area contributed by atoms with Gasteiger partial charge in [-0.15, -0.1) is 0 Å². The largest absolute Gasteiger partial charge is 0.872 e. The topological polar surface area (TPSA) is 205 Å². The molecule has 2 aromatic heterocycles. The van der Waals surface area contributed by atoms with E-state index in [1.165, 1.54) is 62.5 Å². The quantitative estimate of drug-likeness (QED) is 0.0496. The first kappa shape index (κ1) is 44.4. The smallest absolute Gasteiger partial charge is 0.339 e. The zero-order chi connectivity index (χ0) is 45.5. The highest BCUT2D eigenvalue weighted by Gasteiger charge is 2.20. The maximum absolute atomic E-state index is 12.9. The normalized spacial score (nSPS) is 10.9. The van der Waals surface area contributed by atoms with Crippen molar-refractivity contribution < 1.29 is 44.6 Å². The summed E-state index contributed by atoms with van der Waals surface area (Å²) in [6.45, 7) is 4.35. The molecule has 2 heterocycles. The minimum Gasteiger partial charge on any atom is -0.872 e. The SMILES string of the molecule is Cc1cc(C=Cc2ccc3cc(N(C)C)ccc3[n+]2C)c(C)n1-c1ccccc1.NC(=O)NO.O=C(O)c1cc2ccccc2c(Cc2c(O)c(C(=O)O)cc3ccccc23)c1[O-]. The highest BCUT2D eigenvalue weighted by Crippen LogP contribution is 2.38. The molecule has 0 unspecified atom stereocenters. The number of phenols is 1. The van der Waals surface area contributed by atoms with E-state index in [2.05, 4.69) is 134 Å². The van der Waals surface area contributed by atoms with Crippen LogP contribution in [-0.4, -0.2) is 57.2 Å². The predicted molar refractivity (Wildman–Crippen MR) is 244 cm³/mol. The summed E-state index contributed by atoms with van der Waals surface area (Å²) in [5, 5.41) is 53.5. The average Bonchev–Trinajstić information content (AvgIpc) is 3.56. The van der Waals surface area contributed by atoms with Gasteiger partial charge in [0.15, 0.2) is 0 Å². The third-order valence-corrected chi connectivity index (χ3v) is 10.8. The Balaban J connectivity index is 0.000000190. The van der Waals surface area contributed by atoms with Gasteiger partial charge >= 0.3 is 18.0 Å². The summed E-state index contributed by atoms with van der Waals surface area (Å²) < 4.78 is 4.56. The van der Waals surface area contributed by atoms with Crippen molar-refractivity contribution in [3.05, 3.63) is 172 Å². The van der Waals surface area contributed by atoms with E-state index in [9.17, 15) is 34.8 Å². The van der Waals surface area contributed by atoms with E-state index < -0.39 is 29.5 Å². The number of primary amides is 1. The molecule has 2 amide bonds. The summed E-state index contributed by atoms with van der Waals surface area (Å²) in [6.07, 6.45) is 4.32. The lowest BCUT2D eigenvalue weighted by molar-refractivity contribution is -0.646. The first-order valence-corrected chi connectivity index (χ1v) is 19.7. The van der Waals surface area contributed by atoms with E-state index in [0.29, 0.717) is 21.5 Å². The molecule has 8 aromatic rings. The minimum absolute atomic E-state index is 0.103. The van der Waals surface area contributed by atoms with E-state index >= 15 is 0 Å². The number of pyridine rings is 1. The number of carbonyl (C=O) groups is 3. The molecule has 13 nitrogen and oxygen atoms in total. The highest BCUT2D eigenvalue weighted by atomic mass is 16.5. The van der Waals surface area contributed by atoms with Gasteiger partial charge in [0.05, 0.1) is 5.56 Å². The number of carboxylic acids is 2. The molecule has 0 bridgehead atoms. The van der Waals surface area contributed by atoms with E-state index in [1.54, 1.807) is 48.5 Å². The lowest BCUT2D eigenvalue weighted by atomic mass is 9.90. The number of fused-ring (bicyclic) bond motifs is 3. The molecule has 0 atom stereocenters. The summed E-state index contributed by atoms with van der Waals surface area (Å²) in [5.41, 5.74) is 13.9. The molecule has 0 radical (unpaired) electrons. The van der Waals surface area contributed by atoms with Crippen LogP contribution in [0.15, 0.2) is 127 Å². The number of rotatable bonds is 8. The number of aromatic nitrogens is 2.